The molecule has 0 saturated carbocycles. The third-order valence-corrected chi connectivity index (χ3v) is 8.06. The van der Waals surface area contributed by atoms with Gasteiger partial charge >= 0.3 is 6.18 Å². The number of halogens is 3. The highest BCUT2D eigenvalue weighted by molar-refractivity contribution is 7.98. The van der Waals surface area contributed by atoms with E-state index in [0.717, 1.165) is 44.3 Å². The molecule has 0 unspecified atom stereocenters. The minimum absolute atomic E-state index is 0.173. The second kappa shape index (κ2) is 8.81. The first-order chi connectivity index (χ1) is 14.0. The number of hydrogen-bond acceptors (Lipinski definition) is 3. The SMILES string of the molecule is Cc1cc(-c2ccc(C(F)(F)F)cc2)sc1CSc1ccc(C(C)(C)C(=O)S)cc1. The van der Waals surface area contributed by atoms with Crippen LogP contribution in [0.2, 0.25) is 0 Å². The van der Waals surface area contributed by atoms with Crippen LogP contribution in [0.1, 0.15) is 35.4 Å². The van der Waals surface area contributed by atoms with Gasteiger partial charge in [-0.25, -0.2) is 0 Å². The lowest BCUT2D eigenvalue weighted by Gasteiger charge is -2.21. The Balaban J connectivity index is 1.70. The standard InChI is InChI=1S/C23H21F3OS3/c1-14-12-19(15-4-6-17(7-5-15)23(24,25)26)30-20(14)13-29-18-10-8-16(9-11-18)22(2,3)21(27)28/h4-12H,13H2,1-3H3,(H,27,28). The summed E-state index contributed by atoms with van der Waals surface area (Å²) in [6, 6.07) is 15.2. The zero-order valence-electron chi connectivity index (χ0n) is 16.7. The van der Waals surface area contributed by atoms with Gasteiger partial charge in [-0.3, -0.25) is 4.79 Å². The molecule has 0 radical (unpaired) electrons. The van der Waals surface area contributed by atoms with Gasteiger partial charge in [0.15, 0.2) is 5.12 Å². The highest BCUT2D eigenvalue weighted by Gasteiger charge is 2.30. The number of alkyl halides is 3. The van der Waals surface area contributed by atoms with Crippen LogP contribution in [0.5, 0.6) is 0 Å². The molecule has 7 heteroatoms. The van der Waals surface area contributed by atoms with Gasteiger partial charge in [-0.15, -0.1) is 35.7 Å². The first-order valence-electron chi connectivity index (χ1n) is 9.22. The Morgan fingerprint density at radius 1 is 1.00 bits per heavy atom. The van der Waals surface area contributed by atoms with E-state index in [2.05, 4.69) is 12.6 Å². The lowest BCUT2D eigenvalue weighted by molar-refractivity contribution is -0.137. The third-order valence-electron chi connectivity index (χ3n) is 5.00. The highest BCUT2D eigenvalue weighted by Crippen LogP contribution is 2.37. The van der Waals surface area contributed by atoms with Gasteiger partial charge in [0.2, 0.25) is 0 Å². The Bertz CT molecular complexity index is 1030. The van der Waals surface area contributed by atoms with E-state index in [1.165, 1.54) is 17.0 Å². The van der Waals surface area contributed by atoms with Crippen molar-refractivity contribution in [3.63, 3.8) is 0 Å². The summed E-state index contributed by atoms with van der Waals surface area (Å²) in [4.78, 5) is 14.9. The number of carbonyl (C=O) groups is 1. The molecule has 1 aromatic heterocycles. The second-order valence-corrected chi connectivity index (χ2v) is 10.1. The van der Waals surface area contributed by atoms with E-state index >= 15 is 0 Å². The van der Waals surface area contributed by atoms with Gasteiger partial charge in [0.25, 0.3) is 0 Å². The number of thioether (sulfide) groups is 1. The molecule has 1 heterocycles. The first kappa shape index (κ1) is 23.0. The third kappa shape index (κ3) is 5.13. The van der Waals surface area contributed by atoms with Crippen molar-refractivity contribution >= 4 is 40.8 Å². The molecule has 0 fully saturated rings. The fraction of sp³-hybridized carbons (Fsp3) is 0.261. The van der Waals surface area contributed by atoms with Crippen LogP contribution >= 0.6 is 35.7 Å². The lowest BCUT2D eigenvalue weighted by Crippen LogP contribution is -2.24. The van der Waals surface area contributed by atoms with Gasteiger partial charge < -0.3 is 0 Å². The topological polar surface area (TPSA) is 17.1 Å². The van der Waals surface area contributed by atoms with Crippen LogP contribution in [0, 0.1) is 6.92 Å². The quantitative estimate of drug-likeness (QED) is 0.295. The summed E-state index contributed by atoms with van der Waals surface area (Å²) < 4.78 is 38.3. The maximum atomic E-state index is 12.8. The molecule has 0 aliphatic rings. The average molecular weight is 467 g/mol. The molecule has 0 aliphatic carbocycles. The van der Waals surface area contributed by atoms with Crippen molar-refractivity contribution in [2.75, 3.05) is 0 Å². The van der Waals surface area contributed by atoms with Crippen molar-refractivity contribution in [2.24, 2.45) is 0 Å². The van der Waals surface area contributed by atoms with E-state index in [-0.39, 0.29) is 5.12 Å². The molecule has 2 aromatic carbocycles. The molecule has 0 aliphatic heterocycles. The van der Waals surface area contributed by atoms with Crippen molar-refractivity contribution < 1.29 is 18.0 Å². The highest BCUT2D eigenvalue weighted by atomic mass is 32.2. The minimum atomic E-state index is -4.32. The van der Waals surface area contributed by atoms with E-state index in [1.807, 2.05) is 51.1 Å². The molecule has 3 aromatic rings. The molecule has 0 bridgehead atoms. The molecule has 0 atom stereocenters. The summed E-state index contributed by atoms with van der Waals surface area (Å²) in [5.41, 5.74) is 1.56. The maximum Gasteiger partial charge on any atom is 0.416 e. The molecular formula is C23H21F3OS3. The molecular weight excluding hydrogens is 445 g/mol. The van der Waals surface area contributed by atoms with E-state index in [9.17, 15) is 18.0 Å². The summed E-state index contributed by atoms with van der Waals surface area (Å²) in [5.74, 6) is 0.769. The molecule has 30 heavy (non-hydrogen) atoms. The first-order valence-corrected chi connectivity index (χ1v) is 11.5. The predicted octanol–water partition coefficient (Wildman–Crippen LogP) is 7.77. The van der Waals surface area contributed by atoms with Crippen LogP contribution in [-0.4, -0.2) is 5.12 Å². The Kier molecular flexibility index (Phi) is 6.75. The number of thiol groups is 1. The molecule has 0 N–H and O–H groups in total. The van der Waals surface area contributed by atoms with Crippen LogP contribution in [0.25, 0.3) is 10.4 Å². The number of aryl methyl sites for hydroxylation is 1. The van der Waals surface area contributed by atoms with Gasteiger partial charge in [-0.2, -0.15) is 13.2 Å². The van der Waals surface area contributed by atoms with Gasteiger partial charge in [0.1, 0.15) is 0 Å². The number of hydrogen-bond donors (Lipinski definition) is 1. The lowest BCUT2D eigenvalue weighted by atomic mass is 9.86. The molecule has 0 spiro atoms. The van der Waals surface area contributed by atoms with Gasteiger partial charge in [0.05, 0.1) is 11.0 Å². The number of benzene rings is 2. The van der Waals surface area contributed by atoms with Crippen LogP contribution < -0.4 is 0 Å². The summed E-state index contributed by atoms with van der Waals surface area (Å²) in [7, 11) is 0. The van der Waals surface area contributed by atoms with Crippen LogP contribution in [-0.2, 0) is 22.1 Å². The Morgan fingerprint density at radius 3 is 2.10 bits per heavy atom. The van der Waals surface area contributed by atoms with Crippen molar-refractivity contribution in [2.45, 2.75) is 43.0 Å². The van der Waals surface area contributed by atoms with Crippen LogP contribution in [0.3, 0.4) is 0 Å². The summed E-state index contributed by atoms with van der Waals surface area (Å²) >= 11 is 7.26. The van der Waals surface area contributed by atoms with E-state index in [0.29, 0.717) is 0 Å². The smallest absolute Gasteiger partial charge is 0.287 e. The van der Waals surface area contributed by atoms with Crippen LogP contribution in [0.15, 0.2) is 59.5 Å². The fourth-order valence-electron chi connectivity index (χ4n) is 2.87. The molecule has 3 rings (SSSR count). The van der Waals surface area contributed by atoms with Gasteiger partial charge in [0, 0.05) is 20.4 Å². The van der Waals surface area contributed by atoms with Crippen molar-refractivity contribution in [1.82, 2.24) is 0 Å². The zero-order chi connectivity index (χ0) is 22.1. The predicted molar refractivity (Wildman–Crippen MR) is 123 cm³/mol. The maximum absolute atomic E-state index is 12.8. The second-order valence-electron chi connectivity index (χ2n) is 7.54. The largest absolute Gasteiger partial charge is 0.416 e. The minimum Gasteiger partial charge on any atom is -0.287 e. The summed E-state index contributed by atoms with van der Waals surface area (Å²) in [5, 5.41) is -0.173. The van der Waals surface area contributed by atoms with Crippen LogP contribution in [0.4, 0.5) is 13.2 Å². The zero-order valence-corrected chi connectivity index (χ0v) is 19.2. The number of thiophene rings is 1. The summed E-state index contributed by atoms with van der Waals surface area (Å²) in [6.45, 7) is 5.72. The van der Waals surface area contributed by atoms with Gasteiger partial charge in [-0.1, -0.05) is 24.3 Å². The van der Waals surface area contributed by atoms with Crippen molar-refractivity contribution in [3.8, 4) is 10.4 Å². The summed E-state index contributed by atoms with van der Waals surface area (Å²) in [6.07, 6.45) is -4.32. The number of carbonyl (C=O) groups excluding carboxylic acids is 1. The number of rotatable bonds is 6. The van der Waals surface area contributed by atoms with E-state index in [4.69, 9.17) is 0 Å². The fourth-order valence-corrected chi connectivity index (χ4v) is 5.24. The van der Waals surface area contributed by atoms with E-state index in [1.54, 1.807) is 23.1 Å². The van der Waals surface area contributed by atoms with E-state index < -0.39 is 17.2 Å². The molecule has 0 amide bonds. The monoisotopic (exact) mass is 466 g/mol. The Morgan fingerprint density at radius 2 is 1.57 bits per heavy atom. The average Bonchev–Trinajstić information content (AvgIpc) is 3.06. The molecule has 0 saturated heterocycles. The molecule has 1 nitrogen and oxygen atoms in total. The molecule has 158 valence electrons. The normalized spacial score (nSPS) is 12.2. The van der Waals surface area contributed by atoms with Crippen molar-refractivity contribution in [3.05, 3.63) is 76.2 Å². The Labute approximate surface area is 188 Å². The van der Waals surface area contributed by atoms with Crippen molar-refractivity contribution in [1.29, 1.82) is 0 Å². The van der Waals surface area contributed by atoms with Gasteiger partial charge in [-0.05, 0) is 67.8 Å². The Hall–Kier alpha value is -1.70.